The quantitative estimate of drug-likeness (QED) is 0.406. The lowest BCUT2D eigenvalue weighted by atomic mass is 9.72. The molecule has 4 rings (SSSR count). The van der Waals surface area contributed by atoms with Gasteiger partial charge in [-0.1, -0.05) is 36.4 Å². The van der Waals surface area contributed by atoms with Crippen LogP contribution in [0.5, 0.6) is 0 Å². The first-order valence-electron chi connectivity index (χ1n) is 11.0. The highest BCUT2D eigenvalue weighted by Gasteiger charge is 2.38. The lowest BCUT2D eigenvalue weighted by Crippen LogP contribution is -2.34. The molecule has 7 heteroatoms. The van der Waals surface area contributed by atoms with Crippen LogP contribution in [-0.2, 0) is 10.2 Å². The summed E-state index contributed by atoms with van der Waals surface area (Å²) < 4.78 is 0. The molecule has 0 fully saturated rings. The monoisotopic (exact) mass is 464 g/mol. The summed E-state index contributed by atoms with van der Waals surface area (Å²) in [5, 5.41) is 5.86. The van der Waals surface area contributed by atoms with Crippen LogP contribution in [0.2, 0.25) is 0 Å². The summed E-state index contributed by atoms with van der Waals surface area (Å²) in [6.45, 7) is 3.30. The number of rotatable bonds is 7. The Labute approximate surface area is 203 Å². The molecule has 4 aromatic rings. The highest BCUT2D eigenvalue weighted by molar-refractivity contribution is 6.07. The maximum absolute atomic E-state index is 13.2. The van der Waals surface area contributed by atoms with Gasteiger partial charge in [0, 0.05) is 47.3 Å². The van der Waals surface area contributed by atoms with Crippen LogP contribution < -0.4 is 10.6 Å². The number of anilines is 2. The fraction of sp³-hybridized carbons (Fsp3) is 0.107. The Morgan fingerprint density at radius 1 is 0.629 bits per heavy atom. The van der Waals surface area contributed by atoms with E-state index in [0.717, 1.165) is 0 Å². The molecule has 2 N–H and O–H groups in total. The summed E-state index contributed by atoms with van der Waals surface area (Å²) >= 11 is 0. The molecule has 2 aromatic carbocycles. The van der Waals surface area contributed by atoms with Crippen LogP contribution >= 0.6 is 0 Å². The van der Waals surface area contributed by atoms with E-state index in [1.165, 1.54) is 6.92 Å². The molecular weight excluding hydrogens is 440 g/mol. The van der Waals surface area contributed by atoms with E-state index in [1.807, 2.05) is 24.3 Å². The van der Waals surface area contributed by atoms with E-state index in [1.54, 1.807) is 80.2 Å². The van der Waals surface area contributed by atoms with Gasteiger partial charge in [-0.25, -0.2) is 0 Å². The van der Waals surface area contributed by atoms with Crippen LogP contribution in [0.1, 0.15) is 45.7 Å². The van der Waals surface area contributed by atoms with Gasteiger partial charge in [0.15, 0.2) is 0 Å². The molecule has 0 radical (unpaired) electrons. The van der Waals surface area contributed by atoms with E-state index < -0.39 is 5.41 Å². The normalized spacial score (nSPS) is 10.9. The van der Waals surface area contributed by atoms with Gasteiger partial charge in [-0.2, -0.15) is 0 Å². The molecule has 35 heavy (non-hydrogen) atoms. The molecule has 0 saturated heterocycles. The molecule has 0 atom stereocenters. The zero-order chi connectivity index (χ0) is 24.8. The Morgan fingerprint density at radius 2 is 1.00 bits per heavy atom. The van der Waals surface area contributed by atoms with Gasteiger partial charge < -0.3 is 10.6 Å². The first-order chi connectivity index (χ1) is 16.9. The number of nitrogens with zero attached hydrogens (tertiary/aromatic N) is 2. The van der Waals surface area contributed by atoms with Crippen LogP contribution in [-0.4, -0.2) is 27.6 Å². The number of pyridine rings is 2. The third-order valence-electron chi connectivity index (χ3n) is 6.02. The largest absolute Gasteiger partial charge is 0.322 e. The smallest absolute Gasteiger partial charge is 0.255 e. The predicted molar refractivity (Wildman–Crippen MR) is 134 cm³/mol. The number of Topliss-reactive ketones (excluding diaryl/α,β-unsaturated/α-hetero) is 1. The number of carbonyl (C=O) groups is 3. The first kappa shape index (κ1) is 23.5. The molecule has 2 amide bonds. The van der Waals surface area contributed by atoms with Gasteiger partial charge in [-0.05, 0) is 61.4 Å². The number of benzene rings is 2. The Hall–Kier alpha value is -4.65. The molecule has 7 nitrogen and oxygen atoms in total. The van der Waals surface area contributed by atoms with E-state index in [4.69, 9.17) is 0 Å². The number of aromatic nitrogens is 2. The van der Waals surface area contributed by atoms with E-state index in [0.29, 0.717) is 33.6 Å². The number of hydrogen-bond acceptors (Lipinski definition) is 5. The second-order valence-electron chi connectivity index (χ2n) is 8.15. The summed E-state index contributed by atoms with van der Waals surface area (Å²) in [5.41, 5.74) is 1.96. The van der Waals surface area contributed by atoms with Crippen molar-refractivity contribution in [1.82, 2.24) is 9.97 Å². The minimum atomic E-state index is -1.16. The molecule has 0 aliphatic rings. The standard InChI is InChI=1S/C28H24N4O3/c1-19(33)28(2,22-7-3-5-9-24(22)31-26(34)20-11-15-29-16-12-20)23-8-4-6-10-25(23)32-27(35)21-13-17-30-18-14-21/h3-18H,1-2H3,(H,31,34)(H,32,35). The summed E-state index contributed by atoms with van der Waals surface area (Å²) in [4.78, 5) is 46.9. The third-order valence-corrected chi connectivity index (χ3v) is 6.02. The molecule has 0 bridgehead atoms. The van der Waals surface area contributed by atoms with Gasteiger partial charge in [0.25, 0.3) is 11.8 Å². The Bertz CT molecular complexity index is 1270. The molecule has 0 spiro atoms. The Kier molecular flexibility index (Phi) is 6.78. The lowest BCUT2D eigenvalue weighted by molar-refractivity contribution is -0.120. The number of hydrogen-bond donors (Lipinski definition) is 2. The molecule has 0 saturated carbocycles. The van der Waals surface area contributed by atoms with Gasteiger partial charge in [0.1, 0.15) is 5.78 Å². The van der Waals surface area contributed by atoms with E-state index in [-0.39, 0.29) is 17.6 Å². The summed E-state index contributed by atoms with van der Waals surface area (Å²) in [6, 6.07) is 20.8. The van der Waals surface area contributed by atoms with Crippen LogP contribution in [0.3, 0.4) is 0 Å². The van der Waals surface area contributed by atoms with Gasteiger partial charge in [-0.3, -0.25) is 24.4 Å². The number of carbonyl (C=O) groups excluding carboxylic acids is 3. The Balaban J connectivity index is 1.76. The van der Waals surface area contributed by atoms with Crippen LogP contribution in [0, 0.1) is 0 Å². The van der Waals surface area contributed by atoms with E-state index >= 15 is 0 Å². The number of ketones is 1. The van der Waals surface area contributed by atoms with E-state index in [9.17, 15) is 14.4 Å². The van der Waals surface area contributed by atoms with Crippen molar-refractivity contribution < 1.29 is 14.4 Å². The molecule has 0 aliphatic carbocycles. The first-order valence-corrected chi connectivity index (χ1v) is 11.0. The van der Waals surface area contributed by atoms with Crippen molar-refractivity contribution in [3.05, 3.63) is 120 Å². The molecule has 0 aliphatic heterocycles. The fourth-order valence-corrected chi connectivity index (χ4v) is 3.98. The lowest BCUT2D eigenvalue weighted by Gasteiger charge is -2.32. The number of nitrogens with one attached hydrogen (secondary N) is 2. The van der Waals surface area contributed by atoms with Crippen molar-refractivity contribution in [1.29, 1.82) is 0 Å². The van der Waals surface area contributed by atoms with Crippen molar-refractivity contribution in [3.63, 3.8) is 0 Å². The van der Waals surface area contributed by atoms with Crippen molar-refractivity contribution in [2.75, 3.05) is 10.6 Å². The minimum Gasteiger partial charge on any atom is -0.322 e. The molecule has 0 unspecified atom stereocenters. The van der Waals surface area contributed by atoms with Crippen molar-refractivity contribution >= 4 is 29.0 Å². The average molecular weight is 465 g/mol. The zero-order valence-electron chi connectivity index (χ0n) is 19.4. The van der Waals surface area contributed by atoms with Crippen LogP contribution in [0.25, 0.3) is 0 Å². The van der Waals surface area contributed by atoms with Gasteiger partial charge >= 0.3 is 0 Å². The van der Waals surface area contributed by atoms with Gasteiger partial charge in [-0.15, -0.1) is 0 Å². The number of para-hydroxylation sites is 2. The topological polar surface area (TPSA) is 101 Å². The van der Waals surface area contributed by atoms with E-state index in [2.05, 4.69) is 20.6 Å². The SMILES string of the molecule is CC(=O)C(C)(c1ccccc1NC(=O)c1ccncc1)c1ccccc1NC(=O)c1ccncc1. The van der Waals surface area contributed by atoms with Crippen LogP contribution in [0.4, 0.5) is 11.4 Å². The zero-order valence-corrected chi connectivity index (χ0v) is 19.4. The molecule has 2 heterocycles. The van der Waals surface area contributed by atoms with Crippen molar-refractivity contribution in [3.8, 4) is 0 Å². The molecule has 174 valence electrons. The summed E-state index contributed by atoms with van der Waals surface area (Å²) in [7, 11) is 0. The highest BCUT2D eigenvalue weighted by atomic mass is 16.2. The summed E-state index contributed by atoms with van der Waals surface area (Å²) in [5.74, 6) is -0.774. The third kappa shape index (κ3) is 4.84. The second kappa shape index (κ2) is 10.1. The number of amides is 2. The average Bonchev–Trinajstić information content (AvgIpc) is 2.89. The highest BCUT2D eigenvalue weighted by Crippen LogP contribution is 2.41. The van der Waals surface area contributed by atoms with Crippen molar-refractivity contribution in [2.45, 2.75) is 19.3 Å². The molecule has 2 aromatic heterocycles. The van der Waals surface area contributed by atoms with Gasteiger partial charge in [0.05, 0.1) is 5.41 Å². The van der Waals surface area contributed by atoms with Crippen molar-refractivity contribution in [2.24, 2.45) is 0 Å². The maximum atomic E-state index is 13.2. The second-order valence-corrected chi connectivity index (χ2v) is 8.15. The predicted octanol–water partition coefficient (Wildman–Crippen LogP) is 4.88. The molecular formula is C28H24N4O3. The Morgan fingerprint density at radius 3 is 1.37 bits per heavy atom. The fourth-order valence-electron chi connectivity index (χ4n) is 3.98. The summed E-state index contributed by atoms with van der Waals surface area (Å²) in [6.07, 6.45) is 6.18. The minimum absolute atomic E-state index is 0.145. The maximum Gasteiger partial charge on any atom is 0.255 e. The van der Waals surface area contributed by atoms with Gasteiger partial charge in [0.2, 0.25) is 0 Å². The van der Waals surface area contributed by atoms with Crippen LogP contribution in [0.15, 0.2) is 97.6 Å².